The highest BCUT2D eigenvalue weighted by Gasteiger charge is 2.09. The fourth-order valence-corrected chi connectivity index (χ4v) is 1.30. The summed E-state index contributed by atoms with van der Waals surface area (Å²) in [5, 5.41) is 8.91. The van der Waals surface area contributed by atoms with Gasteiger partial charge in [0.05, 0.1) is 13.2 Å². The van der Waals surface area contributed by atoms with Gasteiger partial charge in [0.2, 0.25) is 5.95 Å². The summed E-state index contributed by atoms with van der Waals surface area (Å²) in [4.78, 5) is 6.20. The number of methoxy groups -OCH3 is 1. The molecule has 14 heavy (non-hydrogen) atoms. The lowest BCUT2D eigenvalue weighted by atomic mass is 10.5. The average molecular weight is 199 g/mol. The number of hydrogen-bond donors (Lipinski definition) is 1. The molecule has 0 fully saturated rings. The van der Waals surface area contributed by atoms with Crippen LogP contribution < -0.4 is 4.90 Å². The van der Waals surface area contributed by atoms with Crippen molar-refractivity contribution < 1.29 is 9.84 Å². The Morgan fingerprint density at radius 1 is 1.57 bits per heavy atom. The van der Waals surface area contributed by atoms with Gasteiger partial charge in [-0.2, -0.15) is 0 Å². The third kappa shape index (κ3) is 2.71. The van der Waals surface area contributed by atoms with Gasteiger partial charge < -0.3 is 19.3 Å². The van der Waals surface area contributed by atoms with E-state index in [9.17, 15) is 0 Å². The standard InChI is InChI=1S/C9H17N3O2/c1-11-4-3-10-9(11)12(5-7-13)6-8-14-2/h3-4,13H,5-8H2,1-2H3. The number of aliphatic hydroxyl groups excluding tert-OH is 1. The molecule has 1 heterocycles. The molecule has 80 valence electrons. The van der Waals surface area contributed by atoms with E-state index in [2.05, 4.69) is 4.98 Å². The van der Waals surface area contributed by atoms with Gasteiger partial charge in [0.1, 0.15) is 0 Å². The molecule has 0 aromatic carbocycles. The van der Waals surface area contributed by atoms with Crippen LogP contribution in [0.4, 0.5) is 5.95 Å². The number of aromatic nitrogens is 2. The molecule has 0 amide bonds. The summed E-state index contributed by atoms with van der Waals surface area (Å²) in [5.41, 5.74) is 0. The second kappa shape index (κ2) is 5.62. The van der Waals surface area contributed by atoms with Gasteiger partial charge in [-0.15, -0.1) is 0 Å². The Hall–Kier alpha value is -1.07. The number of rotatable bonds is 6. The van der Waals surface area contributed by atoms with Gasteiger partial charge >= 0.3 is 0 Å². The van der Waals surface area contributed by atoms with Crippen LogP contribution in [0.5, 0.6) is 0 Å². The van der Waals surface area contributed by atoms with Gasteiger partial charge in [0.25, 0.3) is 0 Å². The molecule has 0 spiro atoms. The van der Waals surface area contributed by atoms with Gasteiger partial charge in [0, 0.05) is 39.6 Å². The molecule has 0 unspecified atom stereocenters. The Kier molecular flexibility index (Phi) is 4.42. The highest BCUT2D eigenvalue weighted by molar-refractivity contribution is 5.30. The van der Waals surface area contributed by atoms with Crippen LogP contribution in [0, 0.1) is 0 Å². The van der Waals surface area contributed by atoms with E-state index in [-0.39, 0.29) is 6.61 Å². The Bertz CT molecular complexity index is 262. The maximum absolute atomic E-state index is 8.91. The molecule has 0 saturated heterocycles. The topological polar surface area (TPSA) is 50.5 Å². The van der Waals surface area contributed by atoms with Crippen LogP contribution in [0.3, 0.4) is 0 Å². The van der Waals surface area contributed by atoms with Crippen molar-refractivity contribution in [3.05, 3.63) is 12.4 Å². The van der Waals surface area contributed by atoms with E-state index in [1.807, 2.05) is 22.7 Å². The van der Waals surface area contributed by atoms with Crippen LogP contribution in [0.1, 0.15) is 0 Å². The van der Waals surface area contributed by atoms with Gasteiger partial charge in [-0.1, -0.05) is 0 Å². The van der Waals surface area contributed by atoms with Crippen LogP contribution >= 0.6 is 0 Å². The van der Waals surface area contributed by atoms with Gasteiger partial charge in [-0.3, -0.25) is 0 Å². The minimum atomic E-state index is 0.122. The normalized spacial score (nSPS) is 10.5. The highest BCUT2D eigenvalue weighted by atomic mass is 16.5. The quantitative estimate of drug-likeness (QED) is 0.693. The SMILES string of the molecule is COCCN(CCO)c1nccn1C. The summed E-state index contributed by atoms with van der Waals surface area (Å²) in [6.07, 6.45) is 3.62. The molecule has 0 bridgehead atoms. The first-order valence-corrected chi connectivity index (χ1v) is 4.61. The second-order valence-corrected chi connectivity index (χ2v) is 3.04. The first kappa shape index (κ1) is 11.0. The van der Waals surface area contributed by atoms with Crippen molar-refractivity contribution in [2.24, 2.45) is 7.05 Å². The van der Waals surface area contributed by atoms with E-state index < -0.39 is 0 Å². The summed E-state index contributed by atoms with van der Waals surface area (Å²) in [6, 6.07) is 0. The van der Waals surface area contributed by atoms with Crippen molar-refractivity contribution in [3.63, 3.8) is 0 Å². The Balaban J connectivity index is 2.62. The molecule has 0 saturated carbocycles. The van der Waals surface area contributed by atoms with Crippen molar-refractivity contribution >= 4 is 5.95 Å². The molecule has 5 heteroatoms. The Morgan fingerprint density at radius 3 is 2.86 bits per heavy atom. The number of aliphatic hydroxyl groups is 1. The minimum Gasteiger partial charge on any atom is -0.395 e. The van der Waals surface area contributed by atoms with Crippen LogP contribution in [0.25, 0.3) is 0 Å². The molecule has 0 aliphatic rings. The van der Waals surface area contributed by atoms with Crippen LogP contribution in [-0.2, 0) is 11.8 Å². The number of imidazole rings is 1. The number of anilines is 1. The number of nitrogens with zero attached hydrogens (tertiary/aromatic N) is 3. The fraction of sp³-hybridized carbons (Fsp3) is 0.667. The second-order valence-electron chi connectivity index (χ2n) is 3.04. The van der Waals surface area contributed by atoms with E-state index in [0.29, 0.717) is 13.2 Å². The van der Waals surface area contributed by atoms with E-state index in [4.69, 9.17) is 9.84 Å². The monoisotopic (exact) mass is 199 g/mol. The molecule has 0 atom stereocenters. The predicted octanol–water partition coefficient (Wildman–Crippen LogP) is -0.135. The zero-order chi connectivity index (χ0) is 10.4. The number of aryl methyl sites for hydroxylation is 1. The molecule has 0 aliphatic heterocycles. The molecule has 0 aliphatic carbocycles. The van der Waals surface area contributed by atoms with Crippen molar-refractivity contribution in [2.45, 2.75) is 0 Å². The maximum Gasteiger partial charge on any atom is 0.205 e. The van der Waals surface area contributed by atoms with Crippen LogP contribution in [-0.4, -0.2) is 48.1 Å². The van der Waals surface area contributed by atoms with E-state index >= 15 is 0 Å². The summed E-state index contributed by atoms with van der Waals surface area (Å²) >= 11 is 0. The predicted molar refractivity (Wildman–Crippen MR) is 54.4 cm³/mol. The van der Waals surface area contributed by atoms with E-state index in [1.54, 1.807) is 13.3 Å². The largest absolute Gasteiger partial charge is 0.395 e. The van der Waals surface area contributed by atoms with Crippen molar-refractivity contribution in [2.75, 3.05) is 38.3 Å². The Labute approximate surface area is 83.9 Å². The maximum atomic E-state index is 8.91. The summed E-state index contributed by atoms with van der Waals surface area (Å²) < 4.78 is 6.92. The molecule has 1 aromatic rings. The van der Waals surface area contributed by atoms with Crippen molar-refractivity contribution in [1.29, 1.82) is 0 Å². The minimum absolute atomic E-state index is 0.122. The molecule has 5 nitrogen and oxygen atoms in total. The van der Waals surface area contributed by atoms with Gasteiger partial charge in [0.15, 0.2) is 0 Å². The smallest absolute Gasteiger partial charge is 0.205 e. The molecular formula is C9H17N3O2. The third-order valence-electron chi connectivity index (χ3n) is 2.01. The lowest BCUT2D eigenvalue weighted by molar-refractivity contribution is 0.202. The van der Waals surface area contributed by atoms with E-state index in [1.165, 1.54) is 0 Å². The summed E-state index contributed by atoms with van der Waals surface area (Å²) in [5.74, 6) is 0.858. The zero-order valence-electron chi connectivity index (χ0n) is 8.68. The number of ether oxygens (including phenoxy) is 1. The van der Waals surface area contributed by atoms with Gasteiger partial charge in [-0.05, 0) is 0 Å². The van der Waals surface area contributed by atoms with E-state index in [0.717, 1.165) is 12.5 Å². The first-order chi connectivity index (χ1) is 6.79. The molecule has 1 N–H and O–H groups in total. The van der Waals surface area contributed by atoms with Crippen molar-refractivity contribution in [3.8, 4) is 0 Å². The zero-order valence-corrected chi connectivity index (χ0v) is 8.68. The van der Waals surface area contributed by atoms with Crippen LogP contribution in [0.2, 0.25) is 0 Å². The fourth-order valence-electron chi connectivity index (χ4n) is 1.30. The first-order valence-electron chi connectivity index (χ1n) is 4.61. The summed E-state index contributed by atoms with van der Waals surface area (Å²) in [7, 11) is 3.59. The molecule has 1 aromatic heterocycles. The van der Waals surface area contributed by atoms with Crippen LogP contribution in [0.15, 0.2) is 12.4 Å². The number of hydrogen-bond acceptors (Lipinski definition) is 4. The Morgan fingerprint density at radius 2 is 2.36 bits per heavy atom. The lowest BCUT2D eigenvalue weighted by Gasteiger charge is -2.22. The molecule has 1 rings (SSSR count). The average Bonchev–Trinajstić information content (AvgIpc) is 2.59. The summed E-state index contributed by atoms with van der Waals surface area (Å²) in [6.45, 7) is 2.07. The lowest BCUT2D eigenvalue weighted by Crippen LogP contribution is -2.32. The molecule has 0 radical (unpaired) electrons. The van der Waals surface area contributed by atoms with Gasteiger partial charge in [-0.25, -0.2) is 4.98 Å². The highest BCUT2D eigenvalue weighted by Crippen LogP contribution is 2.08. The molecular weight excluding hydrogens is 182 g/mol. The van der Waals surface area contributed by atoms with Crippen molar-refractivity contribution in [1.82, 2.24) is 9.55 Å². The third-order valence-corrected chi connectivity index (χ3v) is 2.01.